The van der Waals surface area contributed by atoms with Crippen molar-refractivity contribution in [2.45, 2.75) is 65.2 Å². The average molecular weight is 257 g/mol. The van der Waals surface area contributed by atoms with Crippen molar-refractivity contribution >= 4 is 11.9 Å². The van der Waals surface area contributed by atoms with E-state index in [-0.39, 0.29) is 12.3 Å². The smallest absolute Gasteiger partial charge is 0.303 e. The van der Waals surface area contributed by atoms with Gasteiger partial charge in [-0.25, -0.2) is 0 Å². The first-order chi connectivity index (χ1) is 8.60. The number of hydrogen-bond donors (Lipinski definition) is 2. The van der Waals surface area contributed by atoms with Gasteiger partial charge in [-0.15, -0.1) is 0 Å². The Hall–Kier alpha value is -1.06. The number of unbranched alkanes of at least 4 members (excludes halogenated alkanes) is 2. The molecule has 0 aliphatic carbocycles. The van der Waals surface area contributed by atoms with Crippen LogP contribution in [0.15, 0.2) is 0 Å². The molecule has 0 aliphatic rings. The predicted octanol–water partition coefficient (Wildman–Crippen LogP) is 2.96. The molecule has 0 radical (unpaired) electrons. The van der Waals surface area contributed by atoms with Crippen molar-refractivity contribution in [3.8, 4) is 0 Å². The van der Waals surface area contributed by atoms with Crippen molar-refractivity contribution in [1.29, 1.82) is 0 Å². The van der Waals surface area contributed by atoms with Gasteiger partial charge in [0.15, 0.2) is 0 Å². The van der Waals surface area contributed by atoms with Crippen LogP contribution in [0.5, 0.6) is 0 Å². The van der Waals surface area contributed by atoms with E-state index in [0.717, 1.165) is 32.1 Å². The molecule has 0 bridgehead atoms. The monoisotopic (exact) mass is 257 g/mol. The zero-order chi connectivity index (χ0) is 13.8. The fourth-order valence-corrected chi connectivity index (χ4v) is 1.92. The van der Waals surface area contributed by atoms with Crippen molar-refractivity contribution in [1.82, 2.24) is 5.32 Å². The second-order valence-corrected chi connectivity index (χ2v) is 4.80. The molecule has 0 aromatic heterocycles. The molecule has 0 heterocycles. The Morgan fingerprint density at radius 3 is 2.39 bits per heavy atom. The van der Waals surface area contributed by atoms with Crippen LogP contribution in [0.1, 0.15) is 65.2 Å². The topological polar surface area (TPSA) is 66.4 Å². The lowest BCUT2D eigenvalue weighted by Crippen LogP contribution is -2.25. The van der Waals surface area contributed by atoms with Crippen molar-refractivity contribution in [3.63, 3.8) is 0 Å². The first-order valence-corrected chi connectivity index (χ1v) is 7.08. The summed E-state index contributed by atoms with van der Waals surface area (Å²) < 4.78 is 0. The van der Waals surface area contributed by atoms with E-state index in [0.29, 0.717) is 25.3 Å². The fourth-order valence-electron chi connectivity index (χ4n) is 1.92. The third kappa shape index (κ3) is 10.1. The lowest BCUT2D eigenvalue weighted by molar-refractivity contribution is -0.137. The summed E-state index contributed by atoms with van der Waals surface area (Å²) in [6.07, 6.45) is 6.57. The van der Waals surface area contributed by atoms with E-state index >= 15 is 0 Å². The maximum absolute atomic E-state index is 11.4. The van der Waals surface area contributed by atoms with Crippen molar-refractivity contribution in [3.05, 3.63) is 0 Å². The minimum Gasteiger partial charge on any atom is -0.481 e. The second-order valence-electron chi connectivity index (χ2n) is 4.80. The first-order valence-electron chi connectivity index (χ1n) is 7.08. The molecule has 0 aromatic rings. The van der Waals surface area contributed by atoms with Crippen LogP contribution < -0.4 is 5.32 Å². The third-order valence-corrected chi connectivity index (χ3v) is 3.23. The fraction of sp³-hybridized carbons (Fsp3) is 0.857. The van der Waals surface area contributed by atoms with E-state index in [4.69, 9.17) is 5.11 Å². The number of rotatable bonds is 11. The molecule has 1 unspecified atom stereocenters. The Labute approximate surface area is 110 Å². The number of amides is 1. The van der Waals surface area contributed by atoms with E-state index in [9.17, 15) is 9.59 Å². The van der Waals surface area contributed by atoms with E-state index in [2.05, 4.69) is 19.2 Å². The minimum absolute atomic E-state index is 0.122. The van der Waals surface area contributed by atoms with Crippen LogP contribution in [0, 0.1) is 5.92 Å². The van der Waals surface area contributed by atoms with E-state index < -0.39 is 5.97 Å². The van der Waals surface area contributed by atoms with Gasteiger partial charge >= 0.3 is 5.97 Å². The molecule has 0 fully saturated rings. The Kier molecular flexibility index (Phi) is 10.4. The standard InChI is InChI=1S/C14H27NO3/c1-3-5-6-7-13(16)15-11-10-12(4-2)8-9-14(17)18/h12H,3-11H2,1-2H3,(H,15,16)(H,17,18). The summed E-state index contributed by atoms with van der Waals surface area (Å²) in [5.74, 6) is -0.217. The molecule has 4 nitrogen and oxygen atoms in total. The molecule has 106 valence electrons. The lowest BCUT2D eigenvalue weighted by atomic mass is 9.96. The molecule has 0 spiro atoms. The van der Waals surface area contributed by atoms with Gasteiger partial charge in [-0.2, -0.15) is 0 Å². The third-order valence-electron chi connectivity index (χ3n) is 3.23. The summed E-state index contributed by atoms with van der Waals surface area (Å²) in [4.78, 5) is 21.9. The molecule has 4 heteroatoms. The molecule has 2 N–H and O–H groups in total. The number of aliphatic carboxylic acids is 1. The number of carboxylic acids is 1. The van der Waals surface area contributed by atoms with Crippen LogP contribution in [0.2, 0.25) is 0 Å². The highest BCUT2D eigenvalue weighted by molar-refractivity contribution is 5.75. The number of hydrogen-bond acceptors (Lipinski definition) is 2. The van der Waals surface area contributed by atoms with Gasteiger partial charge in [0.1, 0.15) is 0 Å². The minimum atomic E-state index is -0.739. The highest BCUT2D eigenvalue weighted by atomic mass is 16.4. The molecule has 0 aromatic carbocycles. The number of nitrogens with one attached hydrogen (secondary N) is 1. The van der Waals surface area contributed by atoms with Gasteiger partial charge in [0, 0.05) is 19.4 Å². The molecule has 0 saturated carbocycles. The lowest BCUT2D eigenvalue weighted by Gasteiger charge is -2.13. The zero-order valence-corrected chi connectivity index (χ0v) is 11.7. The van der Waals surface area contributed by atoms with Crippen molar-refractivity contribution in [2.75, 3.05) is 6.54 Å². The van der Waals surface area contributed by atoms with Gasteiger partial charge in [-0.3, -0.25) is 9.59 Å². The van der Waals surface area contributed by atoms with Gasteiger partial charge in [-0.05, 0) is 25.2 Å². The van der Waals surface area contributed by atoms with E-state index in [1.54, 1.807) is 0 Å². The number of carbonyl (C=O) groups excluding carboxylic acids is 1. The first kappa shape index (κ1) is 16.9. The van der Waals surface area contributed by atoms with Gasteiger partial charge in [0.2, 0.25) is 5.91 Å². The molecular weight excluding hydrogens is 230 g/mol. The van der Waals surface area contributed by atoms with Crippen molar-refractivity contribution < 1.29 is 14.7 Å². The summed E-state index contributed by atoms with van der Waals surface area (Å²) in [5, 5.41) is 11.5. The van der Waals surface area contributed by atoms with E-state index in [1.807, 2.05) is 0 Å². The molecule has 1 atom stereocenters. The highest BCUT2D eigenvalue weighted by Crippen LogP contribution is 2.14. The molecule has 0 aliphatic heterocycles. The Bertz CT molecular complexity index is 241. The Morgan fingerprint density at radius 2 is 1.83 bits per heavy atom. The summed E-state index contributed by atoms with van der Waals surface area (Å²) in [6, 6.07) is 0. The van der Waals surface area contributed by atoms with Crippen LogP contribution in [-0.4, -0.2) is 23.5 Å². The summed E-state index contributed by atoms with van der Waals surface area (Å²) in [6.45, 7) is 4.85. The van der Waals surface area contributed by atoms with E-state index in [1.165, 1.54) is 0 Å². The molecule has 0 saturated heterocycles. The van der Waals surface area contributed by atoms with Crippen LogP contribution in [0.4, 0.5) is 0 Å². The Balaban J connectivity index is 3.59. The van der Waals surface area contributed by atoms with Gasteiger partial charge in [0.25, 0.3) is 0 Å². The second kappa shape index (κ2) is 11.1. The summed E-state index contributed by atoms with van der Waals surface area (Å²) >= 11 is 0. The quantitative estimate of drug-likeness (QED) is 0.559. The average Bonchev–Trinajstić information content (AvgIpc) is 2.33. The number of carbonyl (C=O) groups is 2. The molecule has 1 amide bonds. The predicted molar refractivity (Wildman–Crippen MR) is 72.4 cm³/mol. The van der Waals surface area contributed by atoms with Crippen LogP contribution >= 0.6 is 0 Å². The van der Waals surface area contributed by atoms with Gasteiger partial charge < -0.3 is 10.4 Å². The summed E-state index contributed by atoms with van der Waals surface area (Å²) in [7, 11) is 0. The molecule has 18 heavy (non-hydrogen) atoms. The maximum Gasteiger partial charge on any atom is 0.303 e. The molecular formula is C14H27NO3. The normalized spacial score (nSPS) is 12.1. The Morgan fingerprint density at radius 1 is 1.11 bits per heavy atom. The van der Waals surface area contributed by atoms with Gasteiger partial charge in [0.05, 0.1) is 0 Å². The van der Waals surface area contributed by atoms with Crippen molar-refractivity contribution in [2.24, 2.45) is 5.92 Å². The van der Waals surface area contributed by atoms with Gasteiger partial charge in [-0.1, -0.05) is 33.1 Å². The van der Waals surface area contributed by atoms with Crippen LogP contribution in [0.25, 0.3) is 0 Å². The largest absolute Gasteiger partial charge is 0.481 e. The SMILES string of the molecule is CCCCCC(=O)NCCC(CC)CCC(=O)O. The number of carboxylic acid groups (broad SMARTS) is 1. The van der Waals surface area contributed by atoms with Crippen LogP contribution in [-0.2, 0) is 9.59 Å². The molecule has 0 rings (SSSR count). The maximum atomic E-state index is 11.4. The van der Waals surface area contributed by atoms with Crippen LogP contribution in [0.3, 0.4) is 0 Å². The highest BCUT2D eigenvalue weighted by Gasteiger charge is 2.09. The zero-order valence-electron chi connectivity index (χ0n) is 11.7. The summed E-state index contributed by atoms with van der Waals surface area (Å²) in [5.41, 5.74) is 0.